The van der Waals surface area contributed by atoms with Crippen molar-refractivity contribution in [3.63, 3.8) is 0 Å². The summed E-state index contributed by atoms with van der Waals surface area (Å²) in [4.78, 5) is 0. The van der Waals surface area contributed by atoms with Crippen LogP contribution in [-0.2, 0) is 14.8 Å². The van der Waals surface area contributed by atoms with Crippen molar-refractivity contribution in [1.82, 2.24) is 0 Å². The van der Waals surface area contributed by atoms with Gasteiger partial charge in [0.1, 0.15) is 6.73 Å². The van der Waals surface area contributed by atoms with E-state index in [1.165, 1.54) is 4.31 Å². The van der Waals surface area contributed by atoms with Gasteiger partial charge >= 0.3 is 0 Å². The van der Waals surface area contributed by atoms with Gasteiger partial charge in [0.15, 0.2) is 0 Å². The zero-order chi connectivity index (χ0) is 10.9. The molecule has 1 aromatic rings. The fraction of sp³-hybridized carbons (Fsp3) is 0.400. The summed E-state index contributed by atoms with van der Waals surface area (Å²) in [5, 5.41) is 0. The predicted octanol–water partition coefficient (Wildman–Crippen LogP) is 1.12. The molecule has 1 aromatic carbocycles. The molecule has 0 saturated carbocycles. The van der Waals surface area contributed by atoms with Crippen LogP contribution in [0.2, 0.25) is 0 Å². The maximum absolute atomic E-state index is 11.7. The maximum Gasteiger partial charge on any atom is 0.239 e. The zero-order valence-corrected chi connectivity index (χ0v) is 9.33. The first kappa shape index (κ1) is 10.4. The van der Waals surface area contributed by atoms with Crippen molar-refractivity contribution in [3.8, 4) is 0 Å². The van der Waals surface area contributed by atoms with E-state index in [1.54, 1.807) is 12.1 Å². The lowest BCUT2D eigenvalue weighted by molar-refractivity contribution is 0.149. The SMILES string of the molecule is Cc1ccc(N2COCCS2(=O)=O)cc1. The van der Waals surface area contributed by atoms with Crippen molar-refractivity contribution in [2.75, 3.05) is 23.4 Å². The van der Waals surface area contributed by atoms with Gasteiger partial charge in [0.25, 0.3) is 0 Å². The van der Waals surface area contributed by atoms with E-state index in [4.69, 9.17) is 4.74 Å². The molecule has 82 valence electrons. The molecule has 0 amide bonds. The summed E-state index contributed by atoms with van der Waals surface area (Å²) in [5.74, 6) is 0.0564. The number of ether oxygens (including phenoxy) is 1. The minimum atomic E-state index is -3.18. The van der Waals surface area contributed by atoms with Gasteiger partial charge in [-0.25, -0.2) is 12.7 Å². The third-order valence-corrected chi connectivity index (χ3v) is 4.02. The van der Waals surface area contributed by atoms with Gasteiger partial charge in [-0.15, -0.1) is 0 Å². The summed E-state index contributed by atoms with van der Waals surface area (Å²) in [7, 11) is -3.18. The average molecular weight is 227 g/mol. The largest absolute Gasteiger partial charge is 0.359 e. The Bertz CT molecular complexity index is 438. The van der Waals surface area contributed by atoms with Crippen molar-refractivity contribution in [2.45, 2.75) is 6.92 Å². The van der Waals surface area contributed by atoms with Crippen molar-refractivity contribution in [1.29, 1.82) is 0 Å². The van der Waals surface area contributed by atoms with Gasteiger partial charge in [0.2, 0.25) is 10.0 Å². The molecule has 0 aliphatic carbocycles. The van der Waals surface area contributed by atoms with Gasteiger partial charge in [-0.1, -0.05) is 17.7 Å². The first-order valence-electron chi connectivity index (χ1n) is 4.74. The van der Waals surface area contributed by atoms with Crippen molar-refractivity contribution < 1.29 is 13.2 Å². The van der Waals surface area contributed by atoms with Gasteiger partial charge in [0, 0.05) is 0 Å². The number of anilines is 1. The van der Waals surface area contributed by atoms with E-state index < -0.39 is 10.0 Å². The molecule has 1 fully saturated rings. The minimum Gasteiger partial charge on any atom is -0.359 e. The van der Waals surface area contributed by atoms with Crippen LogP contribution >= 0.6 is 0 Å². The van der Waals surface area contributed by atoms with Gasteiger partial charge in [-0.05, 0) is 19.1 Å². The number of rotatable bonds is 1. The lowest BCUT2D eigenvalue weighted by atomic mass is 10.2. The van der Waals surface area contributed by atoms with Gasteiger partial charge in [-0.2, -0.15) is 0 Å². The summed E-state index contributed by atoms with van der Waals surface area (Å²) in [6, 6.07) is 7.36. The Hall–Kier alpha value is -1.07. The van der Waals surface area contributed by atoms with Crippen molar-refractivity contribution in [3.05, 3.63) is 29.8 Å². The van der Waals surface area contributed by atoms with Crippen LogP contribution in [0.1, 0.15) is 5.56 Å². The highest BCUT2D eigenvalue weighted by molar-refractivity contribution is 7.92. The van der Waals surface area contributed by atoms with Crippen LogP contribution in [0.5, 0.6) is 0 Å². The molecule has 2 rings (SSSR count). The van der Waals surface area contributed by atoms with Crippen LogP contribution in [0.25, 0.3) is 0 Å². The van der Waals surface area contributed by atoms with E-state index in [0.29, 0.717) is 5.69 Å². The molecule has 1 heterocycles. The average Bonchev–Trinajstić information content (AvgIpc) is 2.19. The molecular formula is C10H13NO3S. The van der Waals surface area contributed by atoms with Crippen LogP contribution in [0.15, 0.2) is 24.3 Å². The highest BCUT2D eigenvalue weighted by Gasteiger charge is 2.26. The molecule has 0 N–H and O–H groups in total. The zero-order valence-electron chi connectivity index (χ0n) is 8.51. The summed E-state index contributed by atoms with van der Waals surface area (Å²) in [5.41, 5.74) is 1.77. The Labute approximate surface area is 89.5 Å². The Morgan fingerprint density at radius 2 is 1.93 bits per heavy atom. The van der Waals surface area contributed by atoms with E-state index >= 15 is 0 Å². The van der Waals surface area contributed by atoms with Gasteiger partial charge in [-0.3, -0.25) is 0 Å². The quantitative estimate of drug-likeness (QED) is 0.722. The van der Waals surface area contributed by atoms with Gasteiger partial charge < -0.3 is 4.74 Å². The molecule has 5 heteroatoms. The molecule has 1 aliphatic heterocycles. The molecular weight excluding hydrogens is 214 g/mol. The first-order valence-corrected chi connectivity index (χ1v) is 6.35. The molecule has 0 unspecified atom stereocenters. The van der Waals surface area contributed by atoms with Crippen molar-refractivity contribution >= 4 is 15.7 Å². The highest BCUT2D eigenvalue weighted by Crippen LogP contribution is 2.20. The standard InChI is InChI=1S/C10H13NO3S/c1-9-2-4-10(5-3-9)11-8-14-6-7-15(11,12)13/h2-5H,6-8H2,1H3. The summed E-state index contributed by atoms with van der Waals surface area (Å²) >= 11 is 0. The van der Waals surface area contributed by atoms with Crippen molar-refractivity contribution in [2.24, 2.45) is 0 Å². The topological polar surface area (TPSA) is 46.6 Å². The molecule has 4 nitrogen and oxygen atoms in total. The fourth-order valence-electron chi connectivity index (χ4n) is 1.45. The Balaban J connectivity index is 2.33. The lowest BCUT2D eigenvalue weighted by Gasteiger charge is -2.28. The normalized spacial score (nSPS) is 20.2. The number of hydrogen-bond donors (Lipinski definition) is 0. The van der Waals surface area contributed by atoms with E-state index in [1.807, 2.05) is 19.1 Å². The Kier molecular flexibility index (Phi) is 2.67. The molecule has 0 radical (unpaired) electrons. The number of benzene rings is 1. The minimum absolute atomic E-state index is 0.0564. The van der Waals surface area contributed by atoms with E-state index in [9.17, 15) is 8.42 Å². The number of sulfonamides is 1. The van der Waals surface area contributed by atoms with Crippen LogP contribution in [0, 0.1) is 6.92 Å². The summed E-state index contributed by atoms with van der Waals surface area (Å²) in [6.45, 7) is 2.36. The third-order valence-electron chi connectivity index (χ3n) is 2.35. The molecule has 15 heavy (non-hydrogen) atoms. The number of nitrogens with zero attached hydrogens (tertiary/aromatic N) is 1. The van der Waals surface area contributed by atoms with Crippen LogP contribution < -0.4 is 4.31 Å². The van der Waals surface area contributed by atoms with Crippen LogP contribution in [0.3, 0.4) is 0 Å². The third kappa shape index (κ3) is 2.13. The molecule has 0 bridgehead atoms. The number of hydrogen-bond acceptors (Lipinski definition) is 3. The second-order valence-corrected chi connectivity index (χ2v) is 5.55. The highest BCUT2D eigenvalue weighted by atomic mass is 32.2. The smallest absolute Gasteiger partial charge is 0.239 e. The maximum atomic E-state index is 11.7. The molecule has 1 aliphatic rings. The molecule has 1 saturated heterocycles. The van der Waals surface area contributed by atoms with E-state index in [-0.39, 0.29) is 19.1 Å². The summed E-state index contributed by atoms with van der Waals surface area (Å²) in [6.07, 6.45) is 0. The van der Waals surface area contributed by atoms with E-state index in [2.05, 4.69) is 0 Å². The number of aryl methyl sites for hydroxylation is 1. The fourth-order valence-corrected chi connectivity index (χ4v) is 2.68. The van der Waals surface area contributed by atoms with E-state index in [0.717, 1.165) is 5.56 Å². The van der Waals surface area contributed by atoms with Gasteiger partial charge in [0.05, 0.1) is 18.0 Å². The molecule has 0 spiro atoms. The van der Waals surface area contributed by atoms with Crippen LogP contribution in [0.4, 0.5) is 5.69 Å². The Morgan fingerprint density at radius 3 is 2.53 bits per heavy atom. The predicted molar refractivity (Wildman–Crippen MR) is 58.3 cm³/mol. The second-order valence-electron chi connectivity index (χ2n) is 3.54. The molecule has 0 aromatic heterocycles. The first-order chi connectivity index (χ1) is 7.09. The molecule has 0 atom stereocenters. The lowest BCUT2D eigenvalue weighted by Crippen LogP contribution is -2.41. The van der Waals surface area contributed by atoms with Crippen LogP contribution in [-0.4, -0.2) is 27.5 Å². The monoisotopic (exact) mass is 227 g/mol. The second kappa shape index (κ2) is 3.83. The Morgan fingerprint density at radius 1 is 1.27 bits per heavy atom. The summed E-state index contributed by atoms with van der Waals surface area (Å²) < 4.78 is 29.9.